The zero-order valence-electron chi connectivity index (χ0n) is 15.5. The van der Waals surface area contributed by atoms with E-state index in [1.165, 1.54) is 22.3 Å². The highest BCUT2D eigenvalue weighted by Crippen LogP contribution is 2.24. The van der Waals surface area contributed by atoms with Gasteiger partial charge in [-0.3, -0.25) is 4.39 Å². The lowest BCUT2D eigenvalue weighted by Gasteiger charge is -2.28. The summed E-state index contributed by atoms with van der Waals surface area (Å²) >= 11 is 0. The molecule has 130 valence electrons. The minimum atomic E-state index is -0.279. The fourth-order valence-corrected chi connectivity index (χ4v) is 2.68. The second-order valence-corrected chi connectivity index (χ2v) is 6.37. The number of benzene rings is 1. The molecule has 0 aliphatic carbocycles. The lowest BCUT2D eigenvalue weighted by Crippen LogP contribution is -2.21. The Balaban J connectivity index is 3.23. The van der Waals surface area contributed by atoms with E-state index in [-0.39, 0.29) is 6.67 Å². The highest BCUT2D eigenvalue weighted by Gasteiger charge is 2.13. The number of halogens is 1. The maximum absolute atomic E-state index is 12.6. The van der Waals surface area contributed by atoms with Gasteiger partial charge in [-0.05, 0) is 57.7 Å². The van der Waals surface area contributed by atoms with E-state index in [2.05, 4.69) is 63.1 Å². The largest absolute Gasteiger partial charge is 0.342 e. The van der Waals surface area contributed by atoms with E-state index >= 15 is 0 Å². The number of nitrogens with zero attached hydrogens (tertiary/aromatic N) is 1. The van der Waals surface area contributed by atoms with Crippen LogP contribution in [-0.2, 0) is 13.0 Å². The molecule has 0 heterocycles. The van der Waals surface area contributed by atoms with E-state index in [0.29, 0.717) is 6.42 Å². The first kappa shape index (κ1) is 20.0. The van der Waals surface area contributed by atoms with Crippen LogP contribution in [0.5, 0.6) is 0 Å². The molecule has 0 aliphatic rings. The molecule has 1 aromatic carbocycles. The summed E-state index contributed by atoms with van der Waals surface area (Å²) in [7, 11) is 0. The summed E-state index contributed by atoms with van der Waals surface area (Å²) in [4.78, 5) is 2.21. The van der Waals surface area contributed by atoms with E-state index in [4.69, 9.17) is 0 Å². The summed E-state index contributed by atoms with van der Waals surface area (Å²) in [5, 5.41) is 0. The van der Waals surface area contributed by atoms with Crippen molar-refractivity contribution in [1.82, 2.24) is 4.90 Å². The molecule has 0 amide bonds. The van der Waals surface area contributed by atoms with Crippen molar-refractivity contribution in [3.63, 3.8) is 0 Å². The van der Waals surface area contributed by atoms with Crippen LogP contribution in [0.15, 0.2) is 66.6 Å². The Morgan fingerprint density at radius 3 is 2.46 bits per heavy atom. The average molecular weight is 327 g/mol. The number of hydrogen-bond donors (Lipinski definition) is 0. The molecular weight excluding hydrogens is 297 g/mol. The van der Waals surface area contributed by atoms with Gasteiger partial charge in [-0.2, -0.15) is 0 Å². The quantitative estimate of drug-likeness (QED) is 0.483. The van der Waals surface area contributed by atoms with E-state index in [9.17, 15) is 4.39 Å². The van der Waals surface area contributed by atoms with Crippen LogP contribution in [-0.4, -0.2) is 11.6 Å². The molecule has 0 radical (unpaired) electrons. The van der Waals surface area contributed by atoms with Gasteiger partial charge in [0.1, 0.15) is 0 Å². The van der Waals surface area contributed by atoms with Crippen molar-refractivity contribution >= 4 is 0 Å². The Morgan fingerprint density at radius 1 is 1.21 bits per heavy atom. The van der Waals surface area contributed by atoms with Crippen LogP contribution in [0.2, 0.25) is 0 Å². The van der Waals surface area contributed by atoms with Crippen LogP contribution in [0.25, 0.3) is 0 Å². The van der Waals surface area contributed by atoms with Crippen molar-refractivity contribution in [2.45, 2.75) is 47.1 Å². The first-order valence-electron chi connectivity index (χ1n) is 8.44. The molecule has 24 heavy (non-hydrogen) atoms. The van der Waals surface area contributed by atoms with Crippen LogP contribution in [0.4, 0.5) is 4.39 Å². The fourth-order valence-electron chi connectivity index (χ4n) is 2.68. The molecule has 0 aromatic heterocycles. The minimum absolute atomic E-state index is 0.279. The predicted octanol–water partition coefficient (Wildman–Crippen LogP) is 6.27. The second-order valence-electron chi connectivity index (χ2n) is 6.37. The molecule has 0 atom stereocenters. The highest BCUT2D eigenvalue weighted by atomic mass is 19.1. The van der Waals surface area contributed by atoms with Crippen LogP contribution in [0.1, 0.15) is 43.9 Å². The Hall–Kier alpha value is -2.09. The van der Waals surface area contributed by atoms with Crippen LogP contribution >= 0.6 is 0 Å². The van der Waals surface area contributed by atoms with Crippen molar-refractivity contribution in [3.05, 3.63) is 83.2 Å². The van der Waals surface area contributed by atoms with Crippen molar-refractivity contribution in [2.24, 2.45) is 0 Å². The Morgan fingerprint density at radius 2 is 1.92 bits per heavy atom. The topological polar surface area (TPSA) is 3.24 Å². The third-order valence-corrected chi connectivity index (χ3v) is 3.92. The van der Waals surface area contributed by atoms with E-state index in [1.54, 1.807) is 6.08 Å². The van der Waals surface area contributed by atoms with Gasteiger partial charge in [-0.15, -0.1) is 0 Å². The zero-order valence-corrected chi connectivity index (χ0v) is 15.5. The Labute approximate surface area is 146 Å². The van der Waals surface area contributed by atoms with Crippen molar-refractivity contribution in [1.29, 1.82) is 0 Å². The maximum atomic E-state index is 12.6. The molecule has 1 rings (SSSR count). The summed E-state index contributed by atoms with van der Waals surface area (Å²) in [5.74, 6) is 0. The van der Waals surface area contributed by atoms with Gasteiger partial charge in [0.25, 0.3) is 0 Å². The summed E-state index contributed by atoms with van der Waals surface area (Å²) in [5.41, 5.74) is 6.99. The van der Waals surface area contributed by atoms with Crippen LogP contribution in [0, 0.1) is 6.92 Å². The number of allylic oxidation sites excluding steroid dienone is 5. The lowest BCUT2D eigenvalue weighted by atomic mass is 9.99. The maximum Gasteiger partial charge on any atom is 0.0897 e. The first-order valence-corrected chi connectivity index (χ1v) is 8.44. The molecule has 0 unspecified atom stereocenters. The molecule has 1 aromatic rings. The van der Waals surface area contributed by atoms with Gasteiger partial charge in [0, 0.05) is 17.9 Å². The molecule has 0 saturated heterocycles. The van der Waals surface area contributed by atoms with Gasteiger partial charge < -0.3 is 4.90 Å². The summed E-state index contributed by atoms with van der Waals surface area (Å²) in [6.07, 6.45) is 7.11. The van der Waals surface area contributed by atoms with E-state index in [0.717, 1.165) is 24.4 Å². The molecule has 0 saturated carbocycles. The molecule has 1 nitrogen and oxygen atoms in total. The van der Waals surface area contributed by atoms with Gasteiger partial charge in [-0.1, -0.05) is 54.6 Å². The Bertz CT molecular complexity index is 633. The average Bonchev–Trinajstić information content (AvgIpc) is 2.52. The highest BCUT2D eigenvalue weighted by molar-refractivity contribution is 5.35. The molecule has 0 N–H and O–H groups in total. The number of hydrogen-bond acceptors (Lipinski definition) is 1. The molecule has 2 heteroatoms. The molecule has 0 bridgehead atoms. The Kier molecular flexibility index (Phi) is 8.25. The van der Waals surface area contributed by atoms with Gasteiger partial charge >= 0.3 is 0 Å². The molecule has 0 fully saturated rings. The smallest absolute Gasteiger partial charge is 0.0897 e. The third-order valence-electron chi connectivity index (χ3n) is 3.92. The minimum Gasteiger partial charge on any atom is -0.342 e. The zero-order chi connectivity index (χ0) is 18.1. The normalized spacial score (nSPS) is 10.7. The van der Waals surface area contributed by atoms with Gasteiger partial charge in [0.2, 0.25) is 0 Å². The fraction of sp³-hybridized carbons (Fsp3) is 0.364. The van der Waals surface area contributed by atoms with Crippen LogP contribution < -0.4 is 0 Å². The van der Waals surface area contributed by atoms with E-state index < -0.39 is 0 Å². The monoisotopic (exact) mass is 327 g/mol. The van der Waals surface area contributed by atoms with Gasteiger partial charge in [-0.25, -0.2) is 0 Å². The first-order chi connectivity index (χ1) is 11.4. The third kappa shape index (κ3) is 5.84. The second kappa shape index (κ2) is 9.92. The number of rotatable bonds is 9. The van der Waals surface area contributed by atoms with E-state index in [1.807, 2.05) is 13.0 Å². The lowest BCUT2D eigenvalue weighted by molar-refractivity contribution is 0.427. The molecule has 0 aliphatic heterocycles. The van der Waals surface area contributed by atoms with Crippen molar-refractivity contribution < 1.29 is 4.39 Å². The summed E-state index contributed by atoms with van der Waals surface area (Å²) < 4.78 is 12.6. The van der Waals surface area contributed by atoms with Crippen molar-refractivity contribution in [2.75, 3.05) is 6.67 Å². The number of alkyl halides is 1. The molecule has 0 spiro atoms. The van der Waals surface area contributed by atoms with Gasteiger partial charge in [0.05, 0.1) is 6.67 Å². The van der Waals surface area contributed by atoms with Crippen LogP contribution in [0.3, 0.4) is 0 Å². The van der Waals surface area contributed by atoms with Crippen molar-refractivity contribution in [3.8, 4) is 0 Å². The molecular formula is C22H30FN. The standard InChI is InChI=1S/C22H30FN/c1-7-8-11-22(17(2)3)24(18(4)5)16-21-15-19(6)12-13-20(21)10-9-14-23/h7-8,11-13,15H,1,4,9-10,14,16H2,2-3,5-6H3/b11-8-. The number of aryl methyl sites for hydroxylation is 2. The summed E-state index contributed by atoms with van der Waals surface area (Å²) in [6.45, 7) is 16.7. The predicted molar refractivity (Wildman–Crippen MR) is 104 cm³/mol. The summed E-state index contributed by atoms with van der Waals surface area (Å²) in [6, 6.07) is 6.42. The van der Waals surface area contributed by atoms with Gasteiger partial charge in [0.15, 0.2) is 0 Å². The SMILES string of the molecule is C=C/C=C\C(=C(C)C)N(Cc1cc(C)ccc1CCCF)C(=C)C.